The van der Waals surface area contributed by atoms with Gasteiger partial charge in [-0.05, 0) is 39.7 Å². The first-order valence-corrected chi connectivity index (χ1v) is 7.25. The van der Waals surface area contributed by atoms with Crippen LogP contribution in [0.25, 0.3) is 0 Å². The van der Waals surface area contributed by atoms with Gasteiger partial charge in [0.25, 0.3) is 0 Å². The largest absolute Gasteiger partial charge is 0.496 e. The smallest absolute Gasteiger partial charge is 0.133 e. The quantitative estimate of drug-likeness (QED) is 0.901. The van der Waals surface area contributed by atoms with E-state index in [1.807, 2.05) is 42.5 Å². The number of rotatable bonds is 2. The first-order valence-electron chi connectivity index (χ1n) is 6.46. The number of halogens is 1. The van der Waals surface area contributed by atoms with Crippen LogP contribution in [-0.2, 0) is 0 Å². The van der Waals surface area contributed by atoms with Crippen molar-refractivity contribution in [2.45, 2.75) is 18.6 Å². The summed E-state index contributed by atoms with van der Waals surface area (Å²) >= 11 is 3.48. The van der Waals surface area contributed by atoms with Crippen LogP contribution in [-0.4, -0.2) is 12.2 Å². The zero-order chi connectivity index (χ0) is 14.1. The van der Waals surface area contributed by atoms with Gasteiger partial charge in [0.1, 0.15) is 17.6 Å². The van der Waals surface area contributed by atoms with Crippen molar-refractivity contribution >= 4 is 15.9 Å². The van der Waals surface area contributed by atoms with E-state index < -0.39 is 6.10 Å². The summed E-state index contributed by atoms with van der Waals surface area (Å²) in [6.07, 6.45) is -0.0941. The summed E-state index contributed by atoms with van der Waals surface area (Å²) < 4.78 is 12.1. The maximum absolute atomic E-state index is 10.2. The van der Waals surface area contributed by atoms with E-state index >= 15 is 0 Å². The molecule has 1 N–H and O–H groups in total. The average molecular weight is 335 g/mol. The molecule has 0 aliphatic carbocycles. The molecule has 0 amide bonds. The van der Waals surface area contributed by atoms with Crippen LogP contribution in [0, 0.1) is 0 Å². The van der Waals surface area contributed by atoms with Gasteiger partial charge in [0, 0.05) is 12.0 Å². The van der Waals surface area contributed by atoms with Crippen LogP contribution >= 0.6 is 15.9 Å². The Balaban J connectivity index is 1.91. The third-order valence-electron chi connectivity index (χ3n) is 3.53. The molecule has 1 unspecified atom stereocenters. The molecule has 0 saturated carbocycles. The van der Waals surface area contributed by atoms with Crippen molar-refractivity contribution in [3.05, 3.63) is 58.1 Å². The lowest BCUT2D eigenvalue weighted by Crippen LogP contribution is -2.18. The topological polar surface area (TPSA) is 38.7 Å². The molecule has 1 aliphatic rings. The molecule has 4 heteroatoms. The number of hydrogen-bond acceptors (Lipinski definition) is 3. The highest BCUT2D eigenvalue weighted by Gasteiger charge is 2.27. The van der Waals surface area contributed by atoms with E-state index in [9.17, 15) is 5.11 Å². The minimum Gasteiger partial charge on any atom is -0.496 e. The fraction of sp³-hybridized carbons (Fsp3) is 0.250. The molecule has 0 radical (unpaired) electrons. The minimum atomic E-state index is -0.495. The van der Waals surface area contributed by atoms with Crippen LogP contribution in [0.15, 0.2) is 46.9 Å². The van der Waals surface area contributed by atoms with Gasteiger partial charge in [-0.25, -0.2) is 0 Å². The Kier molecular flexibility index (Phi) is 3.68. The van der Waals surface area contributed by atoms with Crippen LogP contribution in [0.5, 0.6) is 11.5 Å². The van der Waals surface area contributed by atoms with Crippen LogP contribution in [0.2, 0.25) is 0 Å². The van der Waals surface area contributed by atoms with Crippen LogP contribution in [0.1, 0.15) is 29.8 Å². The van der Waals surface area contributed by atoms with Gasteiger partial charge >= 0.3 is 0 Å². The van der Waals surface area contributed by atoms with Gasteiger partial charge < -0.3 is 14.6 Å². The van der Waals surface area contributed by atoms with Gasteiger partial charge in [-0.1, -0.05) is 24.3 Å². The molecule has 0 spiro atoms. The Bertz CT molecular complexity index is 627. The van der Waals surface area contributed by atoms with Gasteiger partial charge in [0.2, 0.25) is 0 Å². The van der Waals surface area contributed by atoms with Crippen LogP contribution in [0.4, 0.5) is 0 Å². The van der Waals surface area contributed by atoms with Gasteiger partial charge in [0.15, 0.2) is 0 Å². The van der Waals surface area contributed by atoms with E-state index in [4.69, 9.17) is 9.47 Å². The van der Waals surface area contributed by atoms with E-state index in [0.717, 1.165) is 27.1 Å². The predicted molar refractivity (Wildman–Crippen MR) is 80.1 cm³/mol. The molecular formula is C16H15BrO3. The number of fused-ring (bicyclic) bond motifs is 1. The second kappa shape index (κ2) is 5.46. The highest BCUT2D eigenvalue weighted by molar-refractivity contribution is 9.10. The van der Waals surface area contributed by atoms with Gasteiger partial charge in [-0.2, -0.15) is 0 Å². The summed E-state index contributed by atoms with van der Waals surface area (Å²) in [4.78, 5) is 0. The van der Waals surface area contributed by atoms with Crippen molar-refractivity contribution < 1.29 is 14.6 Å². The Hall–Kier alpha value is -1.52. The summed E-state index contributed by atoms with van der Waals surface area (Å²) in [5.74, 6) is 1.54. The van der Waals surface area contributed by atoms with Crippen molar-refractivity contribution in [2.75, 3.05) is 7.11 Å². The maximum atomic E-state index is 10.2. The number of hydrogen-bond donors (Lipinski definition) is 1. The molecule has 1 heterocycles. The molecule has 2 aromatic carbocycles. The molecule has 2 aromatic rings. The third-order valence-corrected chi connectivity index (χ3v) is 4.15. The molecule has 2 atom stereocenters. The second-order valence-corrected chi connectivity index (χ2v) is 5.64. The molecule has 1 aliphatic heterocycles. The zero-order valence-corrected chi connectivity index (χ0v) is 12.6. The number of para-hydroxylation sites is 1. The lowest BCUT2D eigenvalue weighted by molar-refractivity contribution is 0.0657. The number of methoxy groups -OCH3 is 1. The van der Waals surface area contributed by atoms with Crippen LogP contribution in [0.3, 0.4) is 0 Å². The van der Waals surface area contributed by atoms with E-state index in [1.165, 1.54) is 0 Å². The van der Waals surface area contributed by atoms with Crippen molar-refractivity contribution in [3.63, 3.8) is 0 Å². The number of aliphatic hydroxyl groups is 1. The molecule has 20 heavy (non-hydrogen) atoms. The molecule has 0 saturated heterocycles. The third kappa shape index (κ3) is 2.41. The number of ether oxygens (including phenoxy) is 2. The van der Waals surface area contributed by atoms with Gasteiger partial charge in [0.05, 0.1) is 17.7 Å². The molecule has 104 valence electrons. The van der Waals surface area contributed by atoms with E-state index in [0.29, 0.717) is 6.42 Å². The predicted octanol–water partition coefficient (Wildman–Crippen LogP) is 4.01. The second-order valence-electron chi connectivity index (χ2n) is 4.79. The molecule has 0 bridgehead atoms. The summed E-state index contributed by atoms with van der Waals surface area (Å²) in [6, 6.07) is 13.5. The van der Waals surface area contributed by atoms with Crippen molar-refractivity contribution in [2.24, 2.45) is 0 Å². The normalized spacial score (nSPS) is 20.9. The summed E-state index contributed by atoms with van der Waals surface area (Å²) in [5, 5.41) is 10.2. The van der Waals surface area contributed by atoms with Gasteiger partial charge in [-0.15, -0.1) is 0 Å². The highest BCUT2D eigenvalue weighted by Crippen LogP contribution is 2.41. The Labute approximate surface area is 126 Å². The highest BCUT2D eigenvalue weighted by atomic mass is 79.9. The summed E-state index contributed by atoms with van der Waals surface area (Å²) in [7, 11) is 1.64. The van der Waals surface area contributed by atoms with E-state index in [1.54, 1.807) is 7.11 Å². The lowest BCUT2D eigenvalue weighted by Gasteiger charge is -2.30. The first-order chi connectivity index (χ1) is 9.69. The number of aliphatic hydroxyl groups excluding tert-OH is 1. The van der Waals surface area contributed by atoms with Crippen molar-refractivity contribution in [1.82, 2.24) is 0 Å². The molecule has 0 aromatic heterocycles. The average Bonchev–Trinajstić information content (AvgIpc) is 2.47. The molecule has 3 rings (SSSR count). The van der Waals surface area contributed by atoms with Crippen LogP contribution < -0.4 is 9.47 Å². The molecular weight excluding hydrogens is 320 g/mol. The number of benzene rings is 2. The standard InChI is InChI=1S/C16H15BrO3/c1-19-15-7-6-10(8-12(15)17)16-9-13(18)11-4-2-3-5-14(11)20-16/h2-8,13,16,18H,9H2,1H3/t13-,16?/m0/s1. The lowest BCUT2D eigenvalue weighted by atomic mass is 9.95. The van der Waals surface area contributed by atoms with Crippen molar-refractivity contribution in [1.29, 1.82) is 0 Å². The summed E-state index contributed by atoms with van der Waals surface area (Å²) in [5.41, 5.74) is 1.88. The monoisotopic (exact) mass is 334 g/mol. The van der Waals surface area contributed by atoms with E-state index in [2.05, 4.69) is 15.9 Å². The molecule has 0 fully saturated rings. The Morgan fingerprint density at radius 3 is 2.80 bits per heavy atom. The Morgan fingerprint density at radius 2 is 2.05 bits per heavy atom. The van der Waals surface area contributed by atoms with Crippen molar-refractivity contribution in [3.8, 4) is 11.5 Å². The molecule has 3 nitrogen and oxygen atoms in total. The first kappa shape index (κ1) is 13.5. The fourth-order valence-electron chi connectivity index (χ4n) is 2.48. The summed E-state index contributed by atoms with van der Waals surface area (Å²) in [6.45, 7) is 0. The van der Waals surface area contributed by atoms with Gasteiger partial charge in [-0.3, -0.25) is 0 Å². The maximum Gasteiger partial charge on any atom is 0.133 e. The van der Waals surface area contributed by atoms with E-state index in [-0.39, 0.29) is 6.10 Å². The Morgan fingerprint density at radius 1 is 1.25 bits per heavy atom. The SMILES string of the molecule is COc1ccc(C2C[C@H](O)c3ccccc3O2)cc1Br. The fourth-order valence-corrected chi connectivity index (χ4v) is 3.04. The minimum absolute atomic E-state index is 0.151. The zero-order valence-electron chi connectivity index (χ0n) is 11.0.